The van der Waals surface area contributed by atoms with E-state index in [1.165, 1.54) is 0 Å². The molecule has 0 aliphatic rings. The Morgan fingerprint density at radius 1 is 0.643 bits per heavy atom. The summed E-state index contributed by atoms with van der Waals surface area (Å²) in [5, 5.41) is 0.0279. The molecule has 3 aromatic carbocycles. The number of hydrogen-bond acceptors (Lipinski definition) is 2. The highest BCUT2D eigenvalue weighted by molar-refractivity contribution is 6.75. The van der Waals surface area contributed by atoms with Crippen molar-refractivity contribution in [3.05, 3.63) is 75.8 Å². The molecule has 2 nitrogen and oxygen atoms in total. The van der Waals surface area contributed by atoms with E-state index in [0.717, 1.165) is 44.5 Å². The van der Waals surface area contributed by atoms with Gasteiger partial charge in [-0.15, -0.1) is 0 Å². The van der Waals surface area contributed by atoms with Crippen LogP contribution >= 0.6 is 0 Å². The van der Waals surface area contributed by atoms with E-state index in [-0.39, 0.29) is 5.19 Å². The summed E-state index contributed by atoms with van der Waals surface area (Å²) in [7, 11) is -5.11. The van der Waals surface area contributed by atoms with Crippen molar-refractivity contribution in [2.75, 3.05) is 0 Å². The largest absolute Gasteiger partial charge is 0.571 e. The van der Waals surface area contributed by atoms with Gasteiger partial charge in [0, 0.05) is 5.19 Å². The molecule has 0 aromatic heterocycles. The SMILES string of the molecule is Cc1cc(C)c(-c2cccc(-c3c(C)cc(C)cc3C)c2[Si](O)(O)F)c(C)c1. The van der Waals surface area contributed by atoms with E-state index in [1.54, 1.807) is 12.1 Å². The van der Waals surface area contributed by atoms with Crippen LogP contribution in [0.2, 0.25) is 0 Å². The summed E-state index contributed by atoms with van der Waals surface area (Å²) in [5.74, 6) is 0. The number of hydrogen-bond donors (Lipinski definition) is 2. The minimum atomic E-state index is -5.11. The first-order chi connectivity index (χ1) is 13.0. The van der Waals surface area contributed by atoms with E-state index in [2.05, 4.69) is 0 Å². The van der Waals surface area contributed by atoms with Crippen LogP contribution in [0.15, 0.2) is 42.5 Å². The van der Waals surface area contributed by atoms with Crippen molar-refractivity contribution < 1.29 is 13.7 Å². The average molecular weight is 395 g/mol. The van der Waals surface area contributed by atoms with E-state index in [0.29, 0.717) is 11.1 Å². The summed E-state index contributed by atoms with van der Waals surface area (Å²) in [6.07, 6.45) is 0. The molecule has 146 valence electrons. The molecule has 0 aliphatic carbocycles. The van der Waals surface area contributed by atoms with Crippen LogP contribution < -0.4 is 5.19 Å². The molecule has 0 unspecified atom stereocenters. The standard InChI is InChI=1S/C24H27FO2Si/c1-14-10-16(3)22(17(4)11-14)20-8-7-9-21(24(20)28(25,26)27)23-18(5)12-15(2)13-19(23)6/h7-13,26-27H,1-6H3. The Hall–Kier alpha value is -2.27. The quantitative estimate of drug-likeness (QED) is 0.486. The lowest BCUT2D eigenvalue weighted by Gasteiger charge is -2.23. The van der Waals surface area contributed by atoms with Gasteiger partial charge in [0.05, 0.1) is 0 Å². The minimum Gasteiger partial charge on any atom is -0.383 e. The van der Waals surface area contributed by atoms with Crippen molar-refractivity contribution in [3.63, 3.8) is 0 Å². The van der Waals surface area contributed by atoms with Crippen LogP contribution in [-0.4, -0.2) is 18.5 Å². The average Bonchev–Trinajstić information content (AvgIpc) is 2.51. The van der Waals surface area contributed by atoms with Crippen LogP contribution in [-0.2, 0) is 0 Å². The fourth-order valence-corrected chi connectivity index (χ4v) is 5.62. The van der Waals surface area contributed by atoms with Crippen molar-refractivity contribution >= 4 is 14.1 Å². The second-order valence-electron chi connectivity index (χ2n) is 7.86. The van der Waals surface area contributed by atoms with Gasteiger partial charge < -0.3 is 9.59 Å². The fourth-order valence-electron chi connectivity index (χ4n) is 4.52. The zero-order valence-electron chi connectivity index (χ0n) is 17.3. The van der Waals surface area contributed by atoms with Crippen molar-refractivity contribution in [1.29, 1.82) is 0 Å². The van der Waals surface area contributed by atoms with E-state index >= 15 is 0 Å². The van der Waals surface area contributed by atoms with Gasteiger partial charge in [-0.2, -0.15) is 0 Å². The Morgan fingerprint density at radius 2 is 0.964 bits per heavy atom. The number of rotatable bonds is 3. The molecule has 3 rings (SSSR count). The molecule has 0 radical (unpaired) electrons. The van der Waals surface area contributed by atoms with Crippen LogP contribution in [0, 0.1) is 41.5 Å². The lowest BCUT2D eigenvalue weighted by Crippen LogP contribution is -2.46. The summed E-state index contributed by atoms with van der Waals surface area (Å²) in [6, 6.07) is 13.6. The molecule has 0 amide bonds. The highest BCUT2D eigenvalue weighted by atomic mass is 28.4. The molecule has 0 aliphatic heterocycles. The maximum absolute atomic E-state index is 14.9. The fraction of sp³-hybridized carbons (Fsp3) is 0.250. The molecule has 0 atom stereocenters. The Morgan fingerprint density at radius 3 is 1.25 bits per heavy atom. The van der Waals surface area contributed by atoms with Crippen LogP contribution in [0.1, 0.15) is 33.4 Å². The molecule has 0 saturated heterocycles. The Kier molecular flexibility index (Phi) is 5.32. The van der Waals surface area contributed by atoms with Crippen LogP contribution in [0.4, 0.5) is 4.11 Å². The van der Waals surface area contributed by atoms with E-state index < -0.39 is 8.89 Å². The van der Waals surface area contributed by atoms with Gasteiger partial charge in [-0.1, -0.05) is 53.6 Å². The van der Waals surface area contributed by atoms with Gasteiger partial charge in [-0.05, 0) is 86.1 Å². The first kappa shape index (κ1) is 20.5. The first-order valence-corrected chi connectivity index (χ1v) is 11.2. The summed E-state index contributed by atoms with van der Waals surface area (Å²) in [5.41, 5.74) is 9.06. The Balaban J connectivity index is 2.43. The molecule has 0 bridgehead atoms. The molecule has 3 aromatic rings. The van der Waals surface area contributed by atoms with Crippen molar-refractivity contribution in [1.82, 2.24) is 0 Å². The smallest absolute Gasteiger partial charge is 0.383 e. The monoisotopic (exact) mass is 394 g/mol. The Bertz CT molecular complexity index is 943. The highest BCUT2D eigenvalue weighted by Gasteiger charge is 2.40. The molecule has 0 fully saturated rings. The lowest BCUT2D eigenvalue weighted by atomic mass is 9.89. The van der Waals surface area contributed by atoms with E-state index in [4.69, 9.17) is 0 Å². The molecule has 4 heteroatoms. The maximum atomic E-state index is 14.9. The van der Waals surface area contributed by atoms with E-state index in [9.17, 15) is 13.7 Å². The molecule has 0 saturated carbocycles. The molecule has 28 heavy (non-hydrogen) atoms. The third-order valence-corrected chi connectivity index (χ3v) is 6.45. The van der Waals surface area contributed by atoms with Gasteiger partial charge in [0.2, 0.25) is 0 Å². The minimum absolute atomic E-state index is 0.0279. The molecular formula is C24H27FO2Si. The molecular weight excluding hydrogens is 367 g/mol. The molecule has 2 N–H and O–H groups in total. The summed E-state index contributed by atoms with van der Waals surface area (Å²) in [4.78, 5) is 20.5. The third kappa shape index (κ3) is 3.68. The number of aryl methyl sites for hydroxylation is 6. The van der Waals surface area contributed by atoms with Gasteiger partial charge >= 0.3 is 8.89 Å². The second kappa shape index (κ2) is 7.28. The predicted octanol–water partition coefficient (Wildman–Crippen LogP) is 4.97. The third-order valence-electron chi connectivity index (χ3n) is 5.28. The van der Waals surface area contributed by atoms with Gasteiger partial charge in [-0.25, -0.2) is 4.11 Å². The van der Waals surface area contributed by atoms with Crippen molar-refractivity contribution in [3.8, 4) is 22.3 Å². The topological polar surface area (TPSA) is 40.5 Å². The number of halogens is 1. The van der Waals surface area contributed by atoms with E-state index in [1.807, 2.05) is 71.9 Å². The zero-order valence-corrected chi connectivity index (χ0v) is 18.3. The van der Waals surface area contributed by atoms with Gasteiger partial charge in [0.1, 0.15) is 0 Å². The van der Waals surface area contributed by atoms with Crippen molar-refractivity contribution in [2.24, 2.45) is 0 Å². The van der Waals surface area contributed by atoms with Gasteiger partial charge in [0.25, 0.3) is 0 Å². The molecule has 0 spiro atoms. The van der Waals surface area contributed by atoms with Crippen molar-refractivity contribution in [2.45, 2.75) is 41.5 Å². The summed E-state index contributed by atoms with van der Waals surface area (Å²) < 4.78 is 14.9. The van der Waals surface area contributed by atoms with Crippen LogP contribution in [0.25, 0.3) is 22.3 Å². The summed E-state index contributed by atoms with van der Waals surface area (Å²) >= 11 is 0. The Labute approximate surface area is 167 Å². The maximum Gasteiger partial charge on any atom is 0.571 e. The first-order valence-electron chi connectivity index (χ1n) is 9.44. The molecule has 0 heterocycles. The number of benzene rings is 3. The highest BCUT2D eigenvalue weighted by Crippen LogP contribution is 2.34. The van der Waals surface area contributed by atoms with Crippen LogP contribution in [0.5, 0.6) is 0 Å². The predicted molar refractivity (Wildman–Crippen MR) is 117 cm³/mol. The normalized spacial score (nSPS) is 11.8. The van der Waals surface area contributed by atoms with Gasteiger partial charge in [-0.3, -0.25) is 0 Å². The lowest BCUT2D eigenvalue weighted by molar-refractivity contribution is 0.311. The van der Waals surface area contributed by atoms with Crippen LogP contribution in [0.3, 0.4) is 0 Å². The second-order valence-corrected chi connectivity index (χ2v) is 9.54. The zero-order chi connectivity index (χ0) is 20.8. The summed E-state index contributed by atoms with van der Waals surface area (Å²) in [6.45, 7) is 11.9. The van der Waals surface area contributed by atoms with Gasteiger partial charge in [0.15, 0.2) is 0 Å².